The third-order valence-corrected chi connectivity index (χ3v) is 4.98. The molecule has 0 unspecified atom stereocenters. The molecule has 1 fully saturated rings. The van der Waals surface area contributed by atoms with Gasteiger partial charge in [-0.15, -0.1) is 11.3 Å². The molecule has 0 aromatic carbocycles. The van der Waals surface area contributed by atoms with Gasteiger partial charge in [-0.3, -0.25) is 0 Å². The van der Waals surface area contributed by atoms with Crippen molar-refractivity contribution >= 4 is 11.3 Å². The van der Waals surface area contributed by atoms with Gasteiger partial charge in [-0.05, 0) is 44.4 Å². The topological polar surface area (TPSA) is 38.1 Å². The summed E-state index contributed by atoms with van der Waals surface area (Å²) in [6.07, 6.45) is 8.94. The number of thiazole rings is 1. The molecule has 0 atom stereocenters. The van der Waals surface area contributed by atoms with Crippen molar-refractivity contribution in [2.24, 2.45) is 5.92 Å². The van der Waals surface area contributed by atoms with E-state index in [4.69, 9.17) is 4.42 Å². The molecule has 108 valence electrons. The van der Waals surface area contributed by atoms with Gasteiger partial charge in [0.05, 0.1) is 4.88 Å². The number of aryl methyl sites for hydroxylation is 1. The SMILES string of the molecule is Cc1ccc(-c2cnc(CNCC3CCCCC3)s2)o1. The van der Waals surface area contributed by atoms with Crippen LogP contribution >= 0.6 is 11.3 Å². The molecule has 1 saturated carbocycles. The summed E-state index contributed by atoms with van der Waals surface area (Å²) >= 11 is 1.72. The summed E-state index contributed by atoms with van der Waals surface area (Å²) in [4.78, 5) is 5.60. The van der Waals surface area contributed by atoms with Crippen molar-refractivity contribution in [2.75, 3.05) is 6.54 Å². The van der Waals surface area contributed by atoms with E-state index in [1.165, 1.54) is 32.1 Å². The maximum atomic E-state index is 5.63. The minimum Gasteiger partial charge on any atom is -0.460 e. The molecule has 1 N–H and O–H groups in total. The van der Waals surface area contributed by atoms with Gasteiger partial charge in [0, 0.05) is 12.7 Å². The fraction of sp³-hybridized carbons (Fsp3) is 0.562. The molecule has 2 aromatic heterocycles. The summed E-state index contributed by atoms with van der Waals surface area (Å²) in [6, 6.07) is 4.01. The molecule has 0 bridgehead atoms. The number of hydrogen-bond donors (Lipinski definition) is 1. The van der Waals surface area contributed by atoms with Gasteiger partial charge in [0.2, 0.25) is 0 Å². The fourth-order valence-electron chi connectivity index (χ4n) is 2.85. The van der Waals surface area contributed by atoms with E-state index in [0.29, 0.717) is 0 Å². The van der Waals surface area contributed by atoms with Gasteiger partial charge in [-0.25, -0.2) is 4.98 Å². The van der Waals surface area contributed by atoms with Gasteiger partial charge in [0.15, 0.2) is 0 Å². The van der Waals surface area contributed by atoms with Gasteiger partial charge >= 0.3 is 0 Å². The highest BCUT2D eigenvalue weighted by Gasteiger charge is 2.13. The van der Waals surface area contributed by atoms with Crippen LogP contribution in [0.3, 0.4) is 0 Å². The molecule has 20 heavy (non-hydrogen) atoms. The molecule has 3 nitrogen and oxygen atoms in total. The molecule has 0 saturated heterocycles. The van der Waals surface area contributed by atoms with Gasteiger partial charge in [-0.1, -0.05) is 19.3 Å². The van der Waals surface area contributed by atoms with Crippen molar-refractivity contribution in [1.29, 1.82) is 0 Å². The number of nitrogens with zero attached hydrogens (tertiary/aromatic N) is 1. The summed E-state index contributed by atoms with van der Waals surface area (Å²) in [5.41, 5.74) is 0. The Balaban J connectivity index is 1.50. The smallest absolute Gasteiger partial charge is 0.145 e. The van der Waals surface area contributed by atoms with Crippen LogP contribution in [0.15, 0.2) is 22.7 Å². The predicted molar refractivity (Wildman–Crippen MR) is 82.8 cm³/mol. The molecule has 2 aromatic rings. The lowest BCUT2D eigenvalue weighted by atomic mass is 9.89. The number of furan rings is 1. The molecule has 3 rings (SSSR count). The van der Waals surface area contributed by atoms with Crippen molar-refractivity contribution in [2.45, 2.75) is 45.6 Å². The average molecular weight is 290 g/mol. The first-order valence-electron chi connectivity index (χ1n) is 7.53. The minimum absolute atomic E-state index is 0.871. The van der Waals surface area contributed by atoms with Crippen LogP contribution in [-0.4, -0.2) is 11.5 Å². The van der Waals surface area contributed by atoms with Crippen LogP contribution in [0, 0.1) is 12.8 Å². The van der Waals surface area contributed by atoms with Crippen molar-refractivity contribution in [3.05, 3.63) is 29.1 Å². The molecule has 0 spiro atoms. The van der Waals surface area contributed by atoms with Crippen molar-refractivity contribution < 1.29 is 4.42 Å². The first-order chi connectivity index (χ1) is 9.81. The van der Waals surface area contributed by atoms with E-state index in [9.17, 15) is 0 Å². The molecule has 0 aliphatic heterocycles. The van der Waals surface area contributed by atoms with Crippen LogP contribution in [-0.2, 0) is 6.54 Å². The van der Waals surface area contributed by atoms with E-state index in [0.717, 1.165) is 40.4 Å². The Kier molecular flexibility index (Phi) is 4.53. The number of nitrogens with one attached hydrogen (secondary N) is 1. The Bertz CT molecular complexity index is 540. The van der Waals surface area contributed by atoms with E-state index < -0.39 is 0 Å². The third-order valence-electron chi connectivity index (χ3n) is 3.97. The third kappa shape index (κ3) is 3.49. The van der Waals surface area contributed by atoms with Crippen molar-refractivity contribution in [3.8, 4) is 10.6 Å². The summed E-state index contributed by atoms with van der Waals surface area (Å²) < 4.78 is 5.63. The first kappa shape index (κ1) is 13.8. The number of hydrogen-bond acceptors (Lipinski definition) is 4. The molecule has 1 aliphatic carbocycles. The Morgan fingerprint density at radius 1 is 1.30 bits per heavy atom. The van der Waals surface area contributed by atoms with Crippen LogP contribution in [0.5, 0.6) is 0 Å². The highest BCUT2D eigenvalue weighted by Crippen LogP contribution is 2.28. The minimum atomic E-state index is 0.871. The summed E-state index contributed by atoms with van der Waals surface area (Å²) in [5.74, 6) is 2.75. The quantitative estimate of drug-likeness (QED) is 0.888. The summed E-state index contributed by atoms with van der Waals surface area (Å²) in [6.45, 7) is 3.98. The van der Waals surface area contributed by atoms with Gasteiger partial charge < -0.3 is 9.73 Å². The molecule has 4 heteroatoms. The zero-order chi connectivity index (χ0) is 13.8. The molecule has 1 aliphatic rings. The maximum Gasteiger partial charge on any atom is 0.145 e. The van der Waals surface area contributed by atoms with E-state index in [-0.39, 0.29) is 0 Å². The first-order valence-corrected chi connectivity index (χ1v) is 8.35. The average Bonchev–Trinajstić information content (AvgIpc) is 3.09. The monoisotopic (exact) mass is 290 g/mol. The normalized spacial score (nSPS) is 16.6. The predicted octanol–water partition coefficient (Wildman–Crippen LogP) is 4.38. The Morgan fingerprint density at radius 2 is 2.15 bits per heavy atom. The highest BCUT2D eigenvalue weighted by molar-refractivity contribution is 7.15. The Morgan fingerprint density at radius 3 is 2.90 bits per heavy atom. The van der Waals surface area contributed by atoms with Gasteiger partial charge in [0.25, 0.3) is 0 Å². The zero-order valence-electron chi connectivity index (χ0n) is 12.0. The largest absolute Gasteiger partial charge is 0.460 e. The highest BCUT2D eigenvalue weighted by atomic mass is 32.1. The zero-order valence-corrected chi connectivity index (χ0v) is 12.8. The lowest BCUT2D eigenvalue weighted by molar-refractivity contribution is 0.342. The maximum absolute atomic E-state index is 5.63. The lowest BCUT2D eigenvalue weighted by Crippen LogP contribution is -2.24. The second kappa shape index (κ2) is 6.55. The van der Waals surface area contributed by atoms with E-state index in [1.54, 1.807) is 11.3 Å². The standard InChI is InChI=1S/C16H22N2OS/c1-12-7-8-14(19-12)15-10-18-16(20-15)11-17-9-13-5-3-2-4-6-13/h7-8,10,13,17H,2-6,9,11H2,1H3. The number of aromatic nitrogens is 1. The molecule has 0 amide bonds. The Hall–Kier alpha value is -1.13. The van der Waals surface area contributed by atoms with Crippen LogP contribution in [0.2, 0.25) is 0 Å². The van der Waals surface area contributed by atoms with Crippen LogP contribution < -0.4 is 5.32 Å². The van der Waals surface area contributed by atoms with Gasteiger partial charge in [-0.2, -0.15) is 0 Å². The van der Waals surface area contributed by atoms with E-state index in [2.05, 4.69) is 10.3 Å². The van der Waals surface area contributed by atoms with E-state index >= 15 is 0 Å². The molecular formula is C16H22N2OS. The van der Waals surface area contributed by atoms with Crippen LogP contribution in [0.4, 0.5) is 0 Å². The van der Waals surface area contributed by atoms with Crippen LogP contribution in [0.1, 0.15) is 42.9 Å². The molecule has 0 radical (unpaired) electrons. The number of rotatable bonds is 5. The van der Waals surface area contributed by atoms with E-state index in [1.807, 2.05) is 25.3 Å². The second-order valence-electron chi connectivity index (χ2n) is 5.66. The second-order valence-corrected chi connectivity index (χ2v) is 6.78. The Labute approximate surface area is 124 Å². The summed E-state index contributed by atoms with van der Waals surface area (Å²) in [5, 5.41) is 4.70. The van der Waals surface area contributed by atoms with Crippen molar-refractivity contribution in [3.63, 3.8) is 0 Å². The molecule has 2 heterocycles. The molecular weight excluding hydrogens is 268 g/mol. The van der Waals surface area contributed by atoms with Crippen molar-refractivity contribution in [1.82, 2.24) is 10.3 Å². The lowest BCUT2D eigenvalue weighted by Gasteiger charge is -2.21. The van der Waals surface area contributed by atoms with Gasteiger partial charge in [0.1, 0.15) is 16.5 Å². The van der Waals surface area contributed by atoms with Crippen LogP contribution in [0.25, 0.3) is 10.6 Å². The fourth-order valence-corrected chi connectivity index (χ4v) is 3.70. The summed E-state index contributed by atoms with van der Waals surface area (Å²) in [7, 11) is 0.